The Kier molecular flexibility index (Phi) is 4.99. The van der Waals surface area contributed by atoms with Crippen molar-refractivity contribution in [3.05, 3.63) is 71.8 Å². The molecule has 0 N–H and O–H groups in total. The van der Waals surface area contributed by atoms with Gasteiger partial charge in [-0.3, -0.25) is 0 Å². The van der Waals surface area contributed by atoms with Crippen molar-refractivity contribution in [3.8, 4) is 0 Å². The fourth-order valence-corrected chi connectivity index (χ4v) is 4.58. The minimum absolute atomic E-state index is 0.0519. The van der Waals surface area contributed by atoms with Gasteiger partial charge < -0.3 is 28.1 Å². The maximum absolute atomic E-state index is 6.32. The molecule has 6 nitrogen and oxygen atoms in total. The van der Waals surface area contributed by atoms with Gasteiger partial charge in [-0.2, -0.15) is 0 Å². The van der Waals surface area contributed by atoms with E-state index in [4.69, 9.17) is 28.1 Å². The molecule has 152 valence electrons. The molecule has 4 fully saturated rings. The van der Waals surface area contributed by atoms with E-state index in [1.165, 1.54) is 0 Å². The van der Waals surface area contributed by atoms with Gasteiger partial charge in [0.2, 0.25) is 0 Å². The van der Waals surface area contributed by atoms with Crippen molar-refractivity contribution >= 4 is 25.2 Å². The molecular formula is C22H22B2O6. The zero-order chi connectivity index (χ0) is 19.9. The van der Waals surface area contributed by atoms with Gasteiger partial charge >= 0.3 is 14.2 Å². The Labute approximate surface area is 176 Å². The van der Waals surface area contributed by atoms with Crippen molar-refractivity contribution in [3.63, 3.8) is 0 Å². The van der Waals surface area contributed by atoms with E-state index < -0.39 is 14.2 Å². The van der Waals surface area contributed by atoms with E-state index >= 15 is 0 Å². The minimum atomic E-state index is -0.509. The van der Waals surface area contributed by atoms with Crippen molar-refractivity contribution in [2.45, 2.75) is 24.4 Å². The molecule has 4 aliphatic rings. The summed E-state index contributed by atoms with van der Waals surface area (Å²) in [4.78, 5) is 0. The minimum Gasteiger partial charge on any atom is -0.399 e. The monoisotopic (exact) mass is 404 g/mol. The predicted molar refractivity (Wildman–Crippen MR) is 112 cm³/mol. The van der Waals surface area contributed by atoms with E-state index in [9.17, 15) is 0 Å². The number of ether oxygens (including phenoxy) is 2. The maximum atomic E-state index is 6.32. The molecule has 4 atom stereocenters. The molecule has 4 saturated heterocycles. The fourth-order valence-electron chi connectivity index (χ4n) is 4.58. The summed E-state index contributed by atoms with van der Waals surface area (Å²) in [6.45, 7) is 2.23. The molecule has 4 heterocycles. The number of fused-ring (bicyclic) bond motifs is 2. The lowest BCUT2D eigenvalue weighted by atomic mass is 9.60. The van der Waals surface area contributed by atoms with Crippen molar-refractivity contribution < 1.29 is 28.1 Å². The summed E-state index contributed by atoms with van der Waals surface area (Å²) >= 11 is 0. The Bertz CT molecular complexity index is 824. The smallest absolute Gasteiger partial charge is 0.399 e. The molecule has 2 aromatic carbocycles. The highest BCUT2D eigenvalue weighted by atomic mass is 16.7. The van der Waals surface area contributed by atoms with Crippen LogP contribution in [0.15, 0.2) is 60.7 Å². The third-order valence-corrected chi connectivity index (χ3v) is 6.08. The van der Waals surface area contributed by atoms with Gasteiger partial charge in [-0.05, 0) is 22.1 Å². The standard InChI is InChI=1S/C22H22B2O6/c1-3-7-15(8-4-1)21(23-27-17-11-25-12-18(17)28-23)22(16-9-5-2-6-10-16)24-29-19-13-26-14-20(19)30-24/h1-10,17-20H,11-14H2/b22-21-/t17-,18+,19-,20+. The van der Waals surface area contributed by atoms with Crippen LogP contribution in [0.5, 0.6) is 0 Å². The highest BCUT2D eigenvalue weighted by Gasteiger charge is 2.51. The third kappa shape index (κ3) is 3.34. The first-order valence-electron chi connectivity index (χ1n) is 10.5. The molecule has 4 aliphatic heterocycles. The molecule has 8 heteroatoms. The first-order valence-corrected chi connectivity index (χ1v) is 10.5. The molecule has 0 spiro atoms. The van der Waals surface area contributed by atoms with Crippen LogP contribution in [-0.2, 0) is 28.1 Å². The van der Waals surface area contributed by atoms with Crippen LogP contribution in [0.1, 0.15) is 11.1 Å². The summed E-state index contributed by atoms with van der Waals surface area (Å²) in [5, 5.41) is 0. The number of rotatable bonds is 4. The van der Waals surface area contributed by atoms with Crippen molar-refractivity contribution in [1.82, 2.24) is 0 Å². The summed E-state index contributed by atoms with van der Waals surface area (Å²) in [5.41, 5.74) is 3.95. The lowest BCUT2D eigenvalue weighted by molar-refractivity contribution is 0.129. The highest BCUT2D eigenvalue weighted by molar-refractivity contribution is 6.82. The lowest BCUT2D eigenvalue weighted by Crippen LogP contribution is -2.29. The van der Waals surface area contributed by atoms with Gasteiger partial charge in [0, 0.05) is 0 Å². The second kappa shape index (κ2) is 7.96. The van der Waals surface area contributed by atoms with Crippen LogP contribution < -0.4 is 0 Å². The molecular weight excluding hydrogens is 382 g/mol. The molecule has 0 radical (unpaired) electrons. The quantitative estimate of drug-likeness (QED) is 0.576. The van der Waals surface area contributed by atoms with E-state index in [2.05, 4.69) is 24.3 Å². The zero-order valence-electron chi connectivity index (χ0n) is 16.5. The van der Waals surface area contributed by atoms with Crippen LogP contribution in [-0.4, -0.2) is 65.1 Å². The molecule has 30 heavy (non-hydrogen) atoms. The summed E-state index contributed by atoms with van der Waals surface area (Å²) in [6.07, 6.45) is -0.208. The highest BCUT2D eigenvalue weighted by Crippen LogP contribution is 2.39. The van der Waals surface area contributed by atoms with Crippen LogP contribution in [0.25, 0.3) is 10.9 Å². The average Bonchev–Trinajstić information content (AvgIpc) is 3.54. The first kappa shape index (κ1) is 18.8. The predicted octanol–water partition coefficient (Wildman–Crippen LogP) is 2.28. The van der Waals surface area contributed by atoms with Crippen molar-refractivity contribution in [2.75, 3.05) is 26.4 Å². The van der Waals surface area contributed by atoms with E-state index in [1.54, 1.807) is 0 Å². The van der Waals surface area contributed by atoms with Gasteiger partial charge in [0.15, 0.2) is 0 Å². The summed E-state index contributed by atoms with van der Waals surface area (Å²) in [7, 11) is -1.02. The number of hydrogen-bond acceptors (Lipinski definition) is 6. The SMILES string of the molecule is c1ccc(/C(B2O[C@H]3COC[C@H]3O2)=C(/B2O[C@H]3COC[C@H]3O2)c2ccccc2)cc1. The lowest BCUT2D eigenvalue weighted by Gasteiger charge is -2.21. The van der Waals surface area contributed by atoms with Crippen LogP contribution in [0.4, 0.5) is 0 Å². The van der Waals surface area contributed by atoms with E-state index in [1.807, 2.05) is 36.4 Å². The van der Waals surface area contributed by atoms with E-state index in [0.29, 0.717) is 26.4 Å². The molecule has 0 unspecified atom stereocenters. The van der Waals surface area contributed by atoms with Crippen molar-refractivity contribution in [1.29, 1.82) is 0 Å². The van der Waals surface area contributed by atoms with Gasteiger partial charge in [0.1, 0.15) is 0 Å². The molecule has 0 amide bonds. The molecule has 0 aromatic heterocycles. The second-order valence-corrected chi connectivity index (χ2v) is 8.00. The largest absolute Gasteiger partial charge is 0.494 e. The van der Waals surface area contributed by atoms with Gasteiger partial charge in [-0.15, -0.1) is 0 Å². The molecule has 2 aromatic rings. The second-order valence-electron chi connectivity index (χ2n) is 8.00. The van der Waals surface area contributed by atoms with Crippen LogP contribution in [0, 0.1) is 0 Å². The van der Waals surface area contributed by atoms with Gasteiger partial charge in [-0.25, -0.2) is 0 Å². The Balaban J connectivity index is 1.48. The topological polar surface area (TPSA) is 55.4 Å². The maximum Gasteiger partial charge on any atom is 0.494 e. The van der Waals surface area contributed by atoms with E-state index in [-0.39, 0.29) is 24.4 Å². The molecule has 6 rings (SSSR count). The summed E-state index contributed by atoms with van der Waals surface area (Å²) in [6, 6.07) is 20.4. The van der Waals surface area contributed by atoms with Gasteiger partial charge in [-0.1, -0.05) is 60.7 Å². The summed E-state index contributed by atoms with van der Waals surface area (Å²) in [5.74, 6) is 0. The molecule has 0 saturated carbocycles. The Morgan fingerprint density at radius 2 is 0.867 bits per heavy atom. The Hall–Kier alpha value is -1.93. The summed E-state index contributed by atoms with van der Waals surface area (Å²) < 4.78 is 36.3. The van der Waals surface area contributed by atoms with E-state index in [0.717, 1.165) is 22.1 Å². The number of hydrogen-bond donors (Lipinski definition) is 0. The Morgan fingerprint density at radius 3 is 1.20 bits per heavy atom. The van der Waals surface area contributed by atoms with Crippen molar-refractivity contribution in [2.24, 2.45) is 0 Å². The van der Waals surface area contributed by atoms with Crippen LogP contribution in [0.3, 0.4) is 0 Å². The molecule has 0 aliphatic carbocycles. The van der Waals surface area contributed by atoms with Gasteiger partial charge in [0.25, 0.3) is 0 Å². The average molecular weight is 404 g/mol. The molecule has 0 bridgehead atoms. The zero-order valence-corrected chi connectivity index (χ0v) is 16.5. The third-order valence-electron chi connectivity index (χ3n) is 6.08. The first-order chi connectivity index (χ1) is 14.9. The van der Waals surface area contributed by atoms with Gasteiger partial charge in [0.05, 0.1) is 50.8 Å². The van der Waals surface area contributed by atoms with Crippen LogP contribution >= 0.6 is 0 Å². The van der Waals surface area contributed by atoms with Crippen LogP contribution in [0.2, 0.25) is 0 Å². The number of benzene rings is 2. The fraction of sp³-hybridized carbons (Fsp3) is 0.364. The normalized spacial score (nSPS) is 31.1. The Morgan fingerprint density at radius 1 is 0.533 bits per heavy atom.